The third kappa shape index (κ3) is 2.04. The Morgan fingerprint density at radius 2 is 1.46 bits per heavy atom. The van der Waals surface area contributed by atoms with E-state index in [4.69, 9.17) is 0 Å². The minimum absolute atomic E-state index is 0.00122. The van der Waals surface area contributed by atoms with Crippen LogP contribution < -0.4 is 0 Å². The number of aliphatic hydroxyl groups is 1. The molecule has 2 aromatic carbocycles. The number of benzene rings is 2. The van der Waals surface area contributed by atoms with Crippen LogP contribution in [0.25, 0.3) is 22.4 Å². The van der Waals surface area contributed by atoms with Gasteiger partial charge in [-0.1, -0.05) is 54.6 Å². The lowest BCUT2D eigenvalue weighted by atomic mass is 9.90. The summed E-state index contributed by atoms with van der Waals surface area (Å²) < 4.78 is 0. The van der Waals surface area contributed by atoms with Crippen molar-refractivity contribution >= 4 is 11.1 Å². The number of hydrogen-bond donors (Lipinski definition) is 1. The predicted octanol–water partition coefficient (Wildman–Crippen LogP) is 4.41. The Morgan fingerprint density at radius 3 is 2.21 bits per heavy atom. The van der Waals surface area contributed by atoms with Gasteiger partial charge in [0.1, 0.15) is 23.8 Å². The molecule has 0 saturated heterocycles. The topological polar surface area (TPSA) is 80.7 Å². The molecule has 4 heteroatoms. The van der Waals surface area contributed by atoms with Gasteiger partial charge in [0.25, 0.3) is 0 Å². The van der Waals surface area contributed by atoms with E-state index in [2.05, 4.69) is 4.98 Å². The van der Waals surface area contributed by atoms with E-state index in [9.17, 15) is 15.6 Å². The minimum Gasteiger partial charge on any atom is -0.384 e. The molecule has 4 nitrogen and oxygen atoms in total. The number of rotatable bonds is 0. The fourth-order valence-electron chi connectivity index (χ4n) is 4.23. The van der Waals surface area contributed by atoms with Gasteiger partial charge in [0.15, 0.2) is 0 Å². The molecule has 5 rings (SSSR count). The normalized spacial score (nSPS) is 18.7. The molecule has 0 fully saturated rings. The van der Waals surface area contributed by atoms with Gasteiger partial charge in [-0.3, -0.25) is 4.98 Å². The van der Waals surface area contributed by atoms with Crippen LogP contribution in [0.2, 0.25) is 0 Å². The predicted molar refractivity (Wildman–Crippen MR) is 105 cm³/mol. The van der Waals surface area contributed by atoms with Crippen molar-refractivity contribution in [3.05, 3.63) is 100 Å². The summed E-state index contributed by atoms with van der Waals surface area (Å²) in [5.41, 5.74) is 7.05. The van der Waals surface area contributed by atoms with Crippen LogP contribution in [0.1, 0.15) is 28.4 Å². The Morgan fingerprint density at radius 1 is 0.821 bits per heavy atom. The molecule has 130 valence electrons. The first-order valence-electron chi connectivity index (χ1n) is 8.87. The molecule has 2 aliphatic carbocycles. The van der Waals surface area contributed by atoms with Crippen molar-refractivity contribution in [2.75, 3.05) is 0 Å². The number of aromatic nitrogens is 1. The monoisotopic (exact) mass is 359 g/mol. The van der Waals surface area contributed by atoms with Gasteiger partial charge in [-0.15, -0.1) is 0 Å². The van der Waals surface area contributed by atoms with Gasteiger partial charge in [-0.05, 0) is 28.3 Å². The number of fused-ring (bicyclic) bond motifs is 4. The quantitative estimate of drug-likeness (QED) is 0.472. The van der Waals surface area contributed by atoms with Crippen LogP contribution in [-0.2, 0) is 0 Å². The fourth-order valence-corrected chi connectivity index (χ4v) is 4.23. The van der Waals surface area contributed by atoms with E-state index in [1.54, 1.807) is 6.20 Å². The average molecular weight is 359 g/mol. The molecule has 1 atom stereocenters. The standard InChI is InChI=1S/C24H13N3O/c25-12-14(13-26)20-16-7-2-4-9-18(16)24(28)22(20)21-15-6-1-3-8-17(15)23-19(21)10-5-11-27-23/h1-11,24,28H/b22-21-. The summed E-state index contributed by atoms with van der Waals surface area (Å²) >= 11 is 0. The lowest BCUT2D eigenvalue weighted by molar-refractivity contribution is 0.226. The highest BCUT2D eigenvalue weighted by atomic mass is 16.3. The van der Waals surface area contributed by atoms with Crippen molar-refractivity contribution in [2.45, 2.75) is 6.10 Å². The highest BCUT2D eigenvalue weighted by Crippen LogP contribution is 2.54. The van der Waals surface area contributed by atoms with Crippen molar-refractivity contribution in [1.29, 1.82) is 10.5 Å². The Kier molecular flexibility index (Phi) is 3.49. The third-order valence-corrected chi connectivity index (χ3v) is 5.34. The molecular weight excluding hydrogens is 346 g/mol. The highest BCUT2D eigenvalue weighted by molar-refractivity contribution is 6.09. The number of allylic oxidation sites excluding steroid dienone is 1. The summed E-state index contributed by atoms with van der Waals surface area (Å²) in [7, 11) is 0. The highest BCUT2D eigenvalue weighted by Gasteiger charge is 2.38. The zero-order valence-corrected chi connectivity index (χ0v) is 14.7. The van der Waals surface area contributed by atoms with Crippen LogP contribution in [0.15, 0.2) is 78.0 Å². The summed E-state index contributed by atoms with van der Waals surface area (Å²) in [6.07, 6.45) is 0.826. The van der Waals surface area contributed by atoms with Crippen LogP contribution in [-0.4, -0.2) is 10.1 Å². The van der Waals surface area contributed by atoms with E-state index in [1.165, 1.54) is 0 Å². The van der Waals surface area contributed by atoms with E-state index in [-0.39, 0.29) is 5.57 Å². The SMILES string of the molecule is N#CC(C#N)=C1/C(=C2\c3ccccc3-c3ncccc32)C(O)c2ccccc21. The van der Waals surface area contributed by atoms with Crippen LogP contribution in [0.5, 0.6) is 0 Å². The molecule has 1 aromatic heterocycles. The first-order chi connectivity index (χ1) is 13.8. The van der Waals surface area contributed by atoms with Crippen molar-refractivity contribution in [2.24, 2.45) is 0 Å². The molecule has 0 aliphatic heterocycles. The van der Waals surface area contributed by atoms with Crippen molar-refractivity contribution in [3.8, 4) is 23.4 Å². The van der Waals surface area contributed by atoms with Crippen LogP contribution in [0.3, 0.4) is 0 Å². The summed E-state index contributed by atoms with van der Waals surface area (Å²) in [5, 5.41) is 30.4. The number of nitriles is 2. The average Bonchev–Trinajstić information content (AvgIpc) is 3.22. The minimum atomic E-state index is -0.919. The van der Waals surface area contributed by atoms with Gasteiger partial charge in [0.2, 0.25) is 0 Å². The molecule has 0 amide bonds. The number of pyridine rings is 1. The van der Waals surface area contributed by atoms with Gasteiger partial charge in [0.05, 0.1) is 5.69 Å². The largest absolute Gasteiger partial charge is 0.384 e. The molecule has 2 aliphatic rings. The van der Waals surface area contributed by atoms with Gasteiger partial charge in [-0.2, -0.15) is 10.5 Å². The lowest BCUT2D eigenvalue weighted by Crippen LogP contribution is -1.99. The van der Waals surface area contributed by atoms with Crippen molar-refractivity contribution in [3.63, 3.8) is 0 Å². The molecule has 28 heavy (non-hydrogen) atoms. The first kappa shape index (κ1) is 16.2. The molecular formula is C24H13N3O. The molecule has 3 aromatic rings. The maximum atomic E-state index is 11.2. The van der Waals surface area contributed by atoms with Crippen LogP contribution in [0.4, 0.5) is 0 Å². The maximum Gasteiger partial charge on any atom is 0.137 e. The van der Waals surface area contributed by atoms with Gasteiger partial charge in [-0.25, -0.2) is 0 Å². The van der Waals surface area contributed by atoms with E-state index in [0.29, 0.717) is 16.7 Å². The van der Waals surface area contributed by atoms with Gasteiger partial charge >= 0.3 is 0 Å². The Bertz CT molecular complexity index is 1240. The summed E-state index contributed by atoms with van der Waals surface area (Å²) in [5.74, 6) is 0. The van der Waals surface area contributed by atoms with E-state index in [1.807, 2.05) is 72.8 Å². The zero-order valence-electron chi connectivity index (χ0n) is 14.7. The summed E-state index contributed by atoms with van der Waals surface area (Å²) in [6, 6.07) is 23.1. The van der Waals surface area contributed by atoms with Gasteiger partial charge in [0, 0.05) is 28.5 Å². The molecule has 0 radical (unpaired) electrons. The number of hydrogen-bond acceptors (Lipinski definition) is 4. The van der Waals surface area contributed by atoms with Gasteiger partial charge < -0.3 is 5.11 Å². The second-order valence-electron chi connectivity index (χ2n) is 6.70. The molecule has 1 N–H and O–H groups in total. The van der Waals surface area contributed by atoms with Crippen LogP contribution >= 0.6 is 0 Å². The second-order valence-corrected chi connectivity index (χ2v) is 6.70. The molecule has 1 unspecified atom stereocenters. The first-order valence-corrected chi connectivity index (χ1v) is 8.87. The van der Waals surface area contributed by atoms with E-state index >= 15 is 0 Å². The fraction of sp³-hybridized carbons (Fsp3) is 0.0417. The Labute approximate surface area is 162 Å². The van der Waals surface area contributed by atoms with Crippen molar-refractivity contribution < 1.29 is 5.11 Å². The Hall–Kier alpha value is -3.99. The second kappa shape index (κ2) is 6.03. The molecule has 0 spiro atoms. The third-order valence-electron chi connectivity index (χ3n) is 5.34. The molecule has 0 bridgehead atoms. The summed E-state index contributed by atoms with van der Waals surface area (Å²) in [6.45, 7) is 0. The van der Waals surface area contributed by atoms with E-state index in [0.717, 1.165) is 33.5 Å². The summed E-state index contributed by atoms with van der Waals surface area (Å²) in [4.78, 5) is 4.54. The van der Waals surface area contributed by atoms with Crippen molar-refractivity contribution in [1.82, 2.24) is 4.98 Å². The molecule has 0 saturated carbocycles. The Balaban J connectivity index is 1.96. The number of nitrogens with zero attached hydrogens (tertiary/aromatic N) is 3. The smallest absolute Gasteiger partial charge is 0.137 e. The number of aliphatic hydroxyl groups excluding tert-OH is 1. The molecule has 1 heterocycles. The van der Waals surface area contributed by atoms with E-state index < -0.39 is 6.10 Å². The van der Waals surface area contributed by atoms with Crippen LogP contribution in [0, 0.1) is 22.7 Å². The lowest BCUT2D eigenvalue weighted by Gasteiger charge is -2.14. The maximum absolute atomic E-state index is 11.2. The zero-order chi connectivity index (χ0) is 19.3.